The van der Waals surface area contributed by atoms with Crippen LogP contribution in [-0.2, 0) is 4.74 Å². The zero-order chi connectivity index (χ0) is 18.1. The maximum Gasteiger partial charge on any atom is 0.193 e. The zero-order valence-electron chi connectivity index (χ0n) is 15.6. The van der Waals surface area contributed by atoms with Crippen molar-refractivity contribution in [2.24, 2.45) is 4.99 Å². The Kier molecular flexibility index (Phi) is 8.35. The van der Waals surface area contributed by atoms with Gasteiger partial charge in [0.25, 0.3) is 0 Å². The van der Waals surface area contributed by atoms with Gasteiger partial charge < -0.3 is 19.7 Å². The highest BCUT2D eigenvalue weighted by Gasteiger charge is 2.21. The van der Waals surface area contributed by atoms with Crippen molar-refractivity contribution >= 4 is 17.6 Å². The first kappa shape index (κ1) is 19.9. The number of benzene rings is 1. The van der Waals surface area contributed by atoms with Crippen molar-refractivity contribution in [2.75, 3.05) is 39.9 Å². The molecule has 1 fully saturated rings. The Hall–Kier alpha value is -1.46. The summed E-state index contributed by atoms with van der Waals surface area (Å²) in [6, 6.07) is 5.70. The predicted molar refractivity (Wildman–Crippen MR) is 104 cm³/mol. The van der Waals surface area contributed by atoms with Crippen LogP contribution in [0.25, 0.3) is 0 Å². The average Bonchev–Trinajstić information content (AvgIpc) is 2.61. The molecule has 0 unspecified atom stereocenters. The number of hydrogen-bond acceptors (Lipinski definition) is 3. The number of nitrogens with one attached hydrogen (secondary N) is 1. The molecule has 5 nitrogen and oxygen atoms in total. The maximum atomic E-state index is 5.96. The highest BCUT2D eigenvalue weighted by molar-refractivity contribution is 6.30. The Morgan fingerprint density at radius 3 is 2.76 bits per heavy atom. The van der Waals surface area contributed by atoms with Gasteiger partial charge in [0.15, 0.2) is 5.96 Å². The van der Waals surface area contributed by atoms with Crippen molar-refractivity contribution in [2.45, 2.75) is 39.2 Å². The topological polar surface area (TPSA) is 46.1 Å². The van der Waals surface area contributed by atoms with E-state index >= 15 is 0 Å². The lowest BCUT2D eigenvalue weighted by Gasteiger charge is -2.34. The first-order valence-electron chi connectivity index (χ1n) is 9.10. The van der Waals surface area contributed by atoms with Crippen LogP contribution in [0, 0.1) is 6.92 Å². The number of guanidine groups is 1. The van der Waals surface area contributed by atoms with Gasteiger partial charge in [0.05, 0.1) is 12.7 Å². The highest BCUT2D eigenvalue weighted by Crippen LogP contribution is 2.21. The third-order valence-corrected chi connectivity index (χ3v) is 4.59. The van der Waals surface area contributed by atoms with Gasteiger partial charge in [0, 0.05) is 38.3 Å². The minimum atomic E-state index is 0.398. The summed E-state index contributed by atoms with van der Waals surface area (Å²) < 4.78 is 11.5. The van der Waals surface area contributed by atoms with Gasteiger partial charge in [-0.15, -0.1) is 0 Å². The number of halogens is 1. The van der Waals surface area contributed by atoms with Gasteiger partial charge in [-0.25, -0.2) is 0 Å². The molecule has 140 valence electrons. The van der Waals surface area contributed by atoms with Crippen LogP contribution in [0.5, 0.6) is 5.75 Å². The fourth-order valence-corrected chi connectivity index (χ4v) is 3.26. The summed E-state index contributed by atoms with van der Waals surface area (Å²) in [7, 11) is 1.84. The highest BCUT2D eigenvalue weighted by atomic mass is 35.5. The Bertz CT molecular complexity index is 558. The molecular weight excluding hydrogens is 338 g/mol. The molecular formula is C19H30ClN3O2. The first-order chi connectivity index (χ1) is 12.1. The van der Waals surface area contributed by atoms with Crippen LogP contribution < -0.4 is 10.1 Å². The van der Waals surface area contributed by atoms with Crippen LogP contribution in [0.2, 0.25) is 5.02 Å². The zero-order valence-corrected chi connectivity index (χ0v) is 16.3. The summed E-state index contributed by atoms with van der Waals surface area (Å²) in [6.07, 6.45) is 3.44. The molecule has 1 aromatic carbocycles. The van der Waals surface area contributed by atoms with Gasteiger partial charge in [-0.3, -0.25) is 4.99 Å². The third kappa shape index (κ3) is 6.40. The fraction of sp³-hybridized carbons (Fsp3) is 0.632. The van der Waals surface area contributed by atoms with Crippen LogP contribution in [0.1, 0.15) is 31.7 Å². The minimum Gasteiger partial charge on any atom is -0.493 e. The molecule has 1 saturated heterocycles. The third-order valence-electron chi connectivity index (χ3n) is 4.35. The normalized spacial score (nSPS) is 16.2. The van der Waals surface area contributed by atoms with E-state index in [2.05, 4.69) is 22.1 Å². The van der Waals surface area contributed by atoms with Crippen molar-refractivity contribution in [1.29, 1.82) is 0 Å². The van der Waals surface area contributed by atoms with Crippen LogP contribution in [0.3, 0.4) is 0 Å². The molecule has 0 spiro atoms. The largest absolute Gasteiger partial charge is 0.493 e. The maximum absolute atomic E-state index is 5.96. The summed E-state index contributed by atoms with van der Waals surface area (Å²) in [5.41, 5.74) is 1.06. The number of piperidine rings is 1. The van der Waals surface area contributed by atoms with E-state index in [0.29, 0.717) is 12.7 Å². The Labute approximate surface area is 156 Å². The summed E-state index contributed by atoms with van der Waals surface area (Å²) in [6.45, 7) is 8.34. The molecule has 0 saturated carbocycles. The van der Waals surface area contributed by atoms with Gasteiger partial charge >= 0.3 is 0 Å². The average molecular weight is 368 g/mol. The van der Waals surface area contributed by atoms with Gasteiger partial charge in [0.2, 0.25) is 0 Å². The molecule has 1 aromatic rings. The molecule has 0 aromatic heterocycles. The van der Waals surface area contributed by atoms with E-state index in [-0.39, 0.29) is 0 Å². The summed E-state index contributed by atoms with van der Waals surface area (Å²) >= 11 is 5.96. The second-order valence-corrected chi connectivity index (χ2v) is 6.66. The SMILES string of the molecule is CCOC1CCN(C(=NC)NCCCOc2ccc(Cl)cc2C)CC1. The number of ether oxygens (including phenoxy) is 2. The molecule has 0 aliphatic carbocycles. The van der Waals surface area contributed by atoms with E-state index in [0.717, 1.165) is 67.8 Å². The van der Waals surface area contributed by atoms with E-state index in [1.54, 1.807) is 0 Å². The van der Waals surface area contributed by atoms with Crippen LogP contribution >= 0.6 is 11.6 Å². The van der Waals surface area contributed by atoms with E-state index in [1.807, 2.05) is 32.2 Å². The molecule has 1 heterocycles. The van der Waals surface area contributed by atoms with Crippen molar-refractivity contribution in [3.63, 3.8) is 0 Å². The molecule has 0 atom stereocenters. The van der Waals surface area contributed by atoms with E-state index in [1.165, 1.54) is 0 Å². The van der Waals surface area contributed by atoms with Crippen LogP contribution in [0.4, 0.5) is 0 Å². The first-order valence-corrected chi connectivity index (χ1v) is 9.48. The van der Waals surface area contributed by atoms with Crippen LogP contribution in [0.15, 0.2) is 23.2 Å². The summed E-state index contributed by atoms with van der Waals surface area (Å²) in [4.78, 5) is 6.70. The molecule has 1 aliphatic heterocycles. The van der Waals surface area contributed by atoms with Gasteiger partial charge in [-0.1, -0.05) is 11.6 Å². The van der Waals surface area contributed by atoms with Crippen LogP contribution in [-0.4, -0.2) is 56.9 Å². The Morgan fingerprint density at radius 1 is 1.36 bits per heavy atom. The number of rotatable bonds is 7. The Balaban J connectivity index is 1.66. The lowest BCUT2D eigenvalue weighted by molar-refractivity contribution is 0.0264. The second kappa shape index (κ2) is 10.5. The van der Waals surface area contributed by atoms with E-state index < -0.39 is 0 Å². The number of likely N-dealkylation sites (tertiary alicyclic amines) is 1. The lowest BCUT2D eigenvalue weighted by Crippen LogP contribution is -2.47. The standard InChI is InChI=1S/C19H30ClN3O2/c1-4-24-17-8-11-23(12-9-17)19(21-3)22-10-5-13-25-18-7-6-16(20)14-15(18)2/h6-7,14,17H,4-5,8-13H2,1-3H3,(H,21,22). The molecule has 0 radical (unpaired) electrons. The molecule has 25 heavy (non-hydrogen) atoms. The number of aliphatic imine (C=N–C) groups is 1. The Morgan fingerprint density at radius 2 is 2.12 bits per heavy atom. The van der Waals surface area contributed by atoms with Crippen molar-refractivity contribution in [3.05, 3.63) is 28.8 Å². The molecule has 6 heteroatoms. The molecule has 1 N–H and O–H groups in total. The van der Waals surface area contributed by atoms with Gasteiger partial charge in [-0.05, 0) is 56.9 Å². The number of nitrogens with zero attached hydrogens (tertiary/aromatic N) is 2. The van der Waals surface area contributed by atoms with Gasteiger partial charge in [0.1, 0.15) is 5.75 Å². The molecule has 2 rings (SSSR count). The monoisotopic (exact) mass is 367 g/mol. The van der Waals surface area contributed by atoms with Crippen molar-refractivity contribution in [3.8, 4) is 5.75 Å². The quantitative estimate of drug-likeness (QED) is 0.455. The second-order valence-electron chi connectivity index (χ2n) is 6.23. The molecule has 1 aliphatic rings. The van der Waals surface area contributed by atoms with E-state index in [9.17, 15) is 0 Å². The van der Waals surface area contributed by atoms with E-state index in [4.69, 9.17) is 21.1 Å². The summed E-state index contributed by atoms with van der Waals surface area (Å²) in [5, 5.41) is 4.17. The number of hydrogen-bond donors (Lipinski definition) is 1. The minimum absolute atomic E-state index is 0.398. The molecule has 0 amide bonds. The van der Waals surface area contributed by atoms with Crippen molar-refractivity contribution < 1.29 is 9.47 Å². The fourth-order valence-electron chi connectivity index (χ4n) is 3.03. The van der Waals surface area contributed by atoms with Crippen molar-refractivity contribution in [1.82, 2.24) is 10.2 Å². The summed E-state index contributed by atoms with van der Waals surface area (Å²) in [5.74, 6) is 1.87. The number of aryl methyl sites for hydroxylation is 1. The van der Waals surface area contributed by atoms with Gasteiger partial charge in [-0.2, -0.15) is 0 Å². The predicted octanol–water partition coefficient (Wildman–Crippen LogP) is 3.49. The molecule has 0 bridgehead atoms. The lowest BCUT2D eigenvalue weighted by atomic mass is 10.1. The smallest absolute Gasteiger partial charge is 0.193 e.